The first-order chi connectivity index (χ1) is 8.22. The maximum atomic E-state index is 10.5. The number of hydrogen-bond acceptors (Lipinski definition) is 2. The van der Waals surface area contributed by atoms with Gasteiger partial charge in [0.15, 0.2) is 0 Å². The number of aliphatic hydroxyl groups excluding tert-OH is 1. The smallest absolute Gasteiger partial charge is 0.119 e. The van der Waals surface area contributed by atoms with E-state index in [-0.39, 0.29) is 6.10 Å². The van der Waals surface area contributed by atoms with Crippen molar-refractivity contribution in [1.29, 1.82) is 0 Å². The Morgan fingerprint density at radius 1 is 1.29 bits per heavy atom. The zero-order valence-corrected chi connectivity index (χ0v) is 11.7. The summed E-state index contributed by atoms with van der Waals surface area (Å²) in [5.41, 5.74) is 0.955. The van der Waals surface area contributed by atoms with Crippen LogP contribution in [0.5, 0.6) is 5.75 Å². The Morgan fingerprint density at radius 2 is 2.00 bits per heavy atom. The topological polar surface area (TPSA) is 29.5 Å². The molecule has 3 heteroatoms. The Balaban J connectivity index is 2.19. The molecule has 0 saturated heterocycles. The summed E-state index contributed by atoms with van der Waals surface area (Å²) in [5, 5.41) is 10.5. The van der Waals surface area contributed by atoms with Crippen molar-refractivity contribution in [3.63, 3.8) is 0 Å². The first kappa shape index (κ1) is 12.9. The van der Waals surface area contributed by atoms with E-state index in [1.165, 1.54) is 19.3 Å². The second-order valence-electron chi connectivity index (χ2n) is 4.73. The van der Waals surface area contributed by atoms with Crippen LogP contribution in [0, 0.1) is 5.92 Å². The van der Waals surface area contributed by atoms with Crippen LogP contribution in [0.2, 0.25) is 0 Å². The second-order valence-corrected chi connectivity index (χ2v) is 5.58. The number of rotatable bonds is 3. The van der Waals surface area contributed by atoms with E-state index in [4.69, 9.17) is 4.74 Å². The van der Waals surface area contributed by atoms with Crippen LogP contribution < -0.4 is 4.74 Å². The Bertz CT molecular complexity index is 372. The first-order valence-corrected chi connectivity index (χ1v) is 7.03. The van der Waals surface area contributed by atoms with Crippen molar-refractivity contribution in [2.75, 3.05) is 7.11 Å². The molecule has 1 fully saturated rings. The van der Waals surface area contributed by atoms with Gasteiger partial charge < -0.3 is 9.84 Å². The van der Waals surface area contributed by atoms with Crippen LogP contribution in [0.3, 0.4) is 0 Å². The Labute approximate surface area is 111 Å². The van der Waals surface area contributed by atoms with Crippen molar-refractivity contribution < 1.29 is 9.84 Å². The molecule has 1 atom stereocenters. The number of benzene rings is 1. The third kappa shape index (κ3) is 3.02. The van der Waals surface area contributed by atoms with Gasteiger partial charge >= 0.3 is 0 Å². The maximum Gasteiger partial charge on any atom is 0.119 e. The summed E-state index contributed by atoms with van der Waals surface area (Å²) in [7, 11) is 1.65. The molecule has 1 unspecified atom stereocenters. The molecule has 0 bridgehead atoms. The maximum absolute atomic E-state index is 10.5. The van der Waals surface area contributed by atoms with Gasteiger partial charge in [-0.15, -0.1) is 0 Å². The SMILES string of the molecule is COc1ccc(Br)c(C(O)C2CCCCC2)c1. The van der Waals surface area contributed by atoms with Gasteiger partial charge in [-0.25, -0.2) is 0 Å². The minimum Gasteiger partial charge on any atom is -0.497 e. The van der Waals surface area contributed by atoms with Gasteiger partial charge in [0.05, 0.1) is 13.2 Å². The molecule has 1 aromatic rings. The Kier molecular flexibility index (Phi) is 4.46. The van der Waals surface area contributed by atoms with E-state index in [2.05, 4.69) is 15.9 Å². The zero-order chi connectivity index (χ0) is 12.3. The van der Waals surface area contributed by atoms with Crippen molar-refractivity contribution >= 4 is 15.9 Å². The zero-order valence-electron chi connectivity index (χ0n) is 10.2. The second kappa shape index (κ2) is 5.87. The molecular weight excluding hydrogens is 280 g/mol. The van der Waals surface area contributed by atoms with Gasteiger partial charge in [-0.2, -0.15) is 0 Å². The average Bonchev–Trinajstić information content (AvgIpc) is 2.39. The summed E-state index contributed by atoms with van der Waals surface area (Å²) in [6.07, 6.45) is 5.67. The van der Waals surface area contributed by atoms with E-state index in [1.54, 1.807) is 7.11 Å². The molecule has 0 spiro atoms. The highest BCUT2D eigenvalue weighted by Gasteiger charge is 2.24. The van der Waals surface area contributed by atoms with Gasteiger partial charge in [0.2, 0.25) is 0 Å². The van der Waals surface area contributed by atoms with Gasteiger partial charge in [-0.05, 0) is 42.5 Å². The van der Waals surface area contributed by atoms with Gasteiger partial charge in [-0.3, -0.25) is 0 Å². The van der Waals surface area contributed by atoms with Gasteiger partial charge in [0, 0.05) is 4.47 Å². The van der Waals surface area contributed by atoms with Crippen LogP contribution in [0.15, 0.2) is 22.7 Å². The molecule has 0 amide bonds. The largest absolute Gasteiger partial charge is 0.497 e. The summed E-state index contributed by atoms with van der Waals surface area (Å²) >= 11 is 3.51. The predicted molar refractivity (Wildman–Crippen MR) is 72.2 cm³/mol. The highest BCUT2D eigenvalue weighted by molar-refractivity contribution is 9.10. The first-order valence-electron chi connectivity index (χ1n) is 6.24. The van der Waals surface area contributed by atoms with E-state index in [0.717, 1.165) is 28.6 Å². The van der Waals surface area contributed by atoms with Crippen LogP contribution >= 0.6 is 15.9 Å². The van der Waals surface area contributed by atoms with Gasteiger partial charge in [0.25, 0.3) is 0 Å². The van der Waals surface area contributed by atoms with Crippen molar-refractivity contribution in [3.8, 4) is 5.75 Å². The van der Waals surface area contributed by atoms with Crippen LogP contribution in [-0.2, 0) is 0 Å². The third-order valence-electron chi connectivity index (χ3n) is 3.62. The molecule has 1 aliphatic carbocycles. The summed E-state index contributed by atoms with van der Waals surface area (Å²) in [5.74, 6) is 1.20. The number of methoxy groups -OCH3 is 1. The molecule has 2 nitrogen and oxygen atoms in total. The van der Waals surface area contributed by atoms with E-state index >= 15 is 0 Å². The highest BCUT2D eigenvalue weighted by Crippen LogP contribution is 2.38. The van der Waals surface area contributed by atoms with Crippen molar-refractivity contribution in [3.05, 3.63) is 28.2 Å². The van der Waals surface area contributed by atoms with Crippen LogP contribution in [-0.4, -0.2) is 12.2 Å². The molecule has 94 valence electrons. The number of aliphatic hydroxyl groups is 1. The minimum atomic E-state index is -0.375. The normalized spacial score (nSPS) is 19.0. The number of ether oxygens (including phenoxy) is 1. The quantitative estimate of drug-likeness (QED) is 0.911. The summed E-state index contributed by atoms with van der Waals surface area (Å²) in [6, 6.07) is 5.78. The van der Waals surface area contributed by atoms with Gasteiger partial charge in [-0.1, -0.05) is 35.2 Å². The number of halogens is 1. The molecular formula is C14H19BrO2. The summed E-state index contributed by atoms with van der Waals surface area (Å²) in [6.45, 7) is 0. The van der Waals surface area contributed by atoms with E-state index in [0.29, 0.717) is 5.92 Å². The third-order valence-corrected chi connectivity index (χ3v) is 4.34. The lowest BCUT2D eigenvalue weighted by Crippen LogP contribution is -2.16. The molecule has 0 heterocycles. The fraction of sp³-hybridized carbons (Fsp3) is 0.571. The fourth-order valence-corrected chi connectivity index (χ4v) is 3.06. The lowest BCUT2D eigenvalue weighted by atomic mass is 9.83. The van der Waals surface area contributed by atoms with Crippen LogP contribution in [0.4, 0.5) is 0 Å². The highest BCUT2D eigenvalue weighted by atomic mass is 79.9. The van der Waals surface area contributed by atoms with Crippen LogP contribution in [0.1, 0.15) is 43.8 Å². The lowest BCUT2D eigenvalue weighted by molar-refractivity contribution is 0.0840. The molecule has 1 saturated carbocycles. The molecule has 1 aromatic carbocycles. The molecule has 0 aromatic heterocycles. The van der Waals surface area contributed by atoms with E-state index < -0.39 is 0 Å². The number of hydrogen-bond donors (Lipinski definition) is 1. The van der Waals surface area contributed by atoms with Crippen molar-refractivity contribution in [2.45, 2.75) is 38.2 Å². The molecule has 1 N–H and O–H groups in total. The Hall–Kier alpha value is -0.540. The van der Waals surface area contributed by atoms with E-state index in [1.807, 2.05) is 18.2 Å². The fourth-order valence-electron chi connectivity index (χ4n) is 2.58. The molecule has 2 rings (SSSR count). The van der Waals surface area contributed by atoms with E-state index in [9.17, 15) is 5.11 Å². The monoisotopic (exact) mass is 298 g/mol. The summed E-state index contributed by atoms with van der Waals surface area (Å²) < 4.78 is 6.18. The standard InChI is InChI=1S/C14H19BrO2/c1-17-11-7-8-13(15)12(9-11)14(16)10-5-3-2-4-6-10/h7-10,14,16H,2-6H2,1H3. The van der Waals surface area contributed by atoms with Gasteiger partial charge in [0.1, 0.15) is 5.75 Å². The van der Waals surface area contributed by atoms with Crippen molar-refractivity contribution in [1.82, 2.24) is 0 Å². The molecule has 1 aliphatic rings. The van der Waals surface area contributed by atoms with Crippen molar-refractivity contribution in [2.24, 2.45) is 5.92 Å². The molecule has 0 aliphatic heterocycles. The molecule has 0 radical (unpaired) electrons. The Morgan fingerprint density at radius 3 is 2.65 bits per heavy atom. The predicted octanol–water partition coefficient (Wildman–Crippen LogP) is 4.07. The minimum absolute atomic E-state index is 0.375. The molecule has 17 heavy (non-hydrogen) atoms. The average molecular weight is 299 g/mol. The summed E-state index contributed by atoms with van der Waals surface area (Å²) in [4.78, 5) is 0. The lowest BCUT2D eigenvalue weighted by Gasteiger charge is -2.27. The van der Waals surface area contributed by atoms with Crippen LogP contribution in [0.25, 0.3) is 0 Å².